The van der Waals surface area contributed by atoms with E-state index in [2.05, 4.69) is 63.2 Å². The van der Waals surface area contributed by atoms with E-state index < -0.39 is 0 Å². The first kappa shape index (κ1) is 27.6. The summed E-state index contributed by atoms with van der Waals surface area (Å²) in [6.45, 7) is 7.59. The summed E-state index contributed by atoms with van der Waals surface area (Å²) in [6.07, 6.45) is 12.4. The standard InChI is InChI=1S/C25H40I2O4S2/c1-15(5-8-22(28)29-4)18-6-7-19-23-20(10-12-25(18,19)3)24(2)11-9-17(30-32-26)13-16(24)14-21(23)31-33-27/h15-21,23H,5-14H2,1-4H3/t15-,16+,17-,18-,19+,20+,21?,23+,24+,25-/m1/s1. The molecule has 10 atom stereocenters. The van der Waals surface area contributed by atoms with E-state index in [0.29, 0.717) is 53.1 Å². The zero-order valence-electron chi connectivity index (χ0n) is 20.4. The van der Waals surface area contributed by atoms with E-state index in [-0.39, 0.29) is 5.97 Å². The molecule has 4 rings (SSSR count). The highest BCUT2D eigenvalue weighted by Crippen LogP contribution is 2.69. The van der Waals surface area contributed by atoms with Gasteiger partial charge in [-0.2, -0.15) is 0 Å². The van der Waals surface area contributed by atoms with Crippen LogP contribution in [0.25, 0.3) is 0 Å². The molecule has 0 aromatic heterocycles. The third kappa shape index (κ3) is 5.28. The highest BCUT2D eigenvalue weighted by Gasteiger charge is 2.63. The summed E-state index contributed by atoms with van der Waals surface area (Å²) in [6, 6.07) is 0. The van der Waals surface area contributed by atoms with Gasteiger partial charge in [-0.15, -0.1) is 0 Å². The first-order valence-electron chi connectivity index (χ1n) is 12.7. The first-order chi connectivity index (χ1) is 15.8. The van der Waals surface area contributed by atoms with E-state index in [1.807, 2.05) is 0 Å². The molecule has 0 aromatic rings. The van der Waals surface area contributed by atoms with Gasteiger partial charge in [-0.1, -0.05) is 20.8 Å². The molecule has 4 fully saturated rings. The molecule has 33 heavy (non-hydrogen) atoms. The van der Waals surface area contributed by atoms with E-state index in [1.165, 1.54) is 67.7 Å². The third-order valence-corrected chi connectivity index (χ3v) is 12.6. The lowest BCUT2D eigenvalue weighted by Gasteiger charge is -2.63. The number of ether oxygens (including phenoxy) is 1. The van der Waals surface area contributed by atoms with Crippen LogP contribution in [0.3, 0.4) is 0 Å². The normalized spacial score (nSPS) is 45.6. The van der Waals surface area contributed by atoms with Crippen LogP contribution in [0.15, 0.2) is 0 Å². The smallest absolute Gasteiger partial charge is 0.305 e. The zero-order chi connectivity index (χ0) is 23.8. The van der Waals surface area contributed by atoms with E-state index in [0.717, 1.165) is 18.3 Å². The van der Waals surface area contributed by atoms with Crippen molar-refractivity contribution < 1.29 is 17.9 Å². The molecule has 8 heteroatoms. The Hall–Kier alpha value is 1.55. The van der Waals surface area contributed by atoms with Crippen molar-refractivity contribution >= 4 is 66.8 Å². The van der Waals surface area contributed by atoms with E-state index in [4.69, 9.17) is 13.1 Å². The average molecular weight is 723 g/mol. The highest BCUT2D eigenvalue weighted by atomic mass is 127. The number of rotatable bonds is 8. The molecule has 0 aliphatic heterocycles. The minimum atomic E-state index is -0.0652. The predicted molar refractivity (Wildman–Crippen MR) is 154 cm³/mol. The molecular formula is C25H40I2O4S2. The largest absolute Gasteiger partial charge is 0.469 e. The first-order valence-corrected chi connectivity index (χ1v) is 19.3. The Balaban J connectivity index is 1.55. The second kappa shape index (κ2) is 11.5. The summed E-state index contributed by atoms with van der Waals surface area (Å²) in [4.78, 5) is 11.8. The quantitative estimate of drug-likeness (QED) is 0.142. The van der Waals surface area contributed by atoms with Gasteiger partial charge < -0.3 is 13.1 Å². The maximum atomic E-state index is 11.8. The molecule has 0 aromatic carbocycles. The van der Waals surface area contributed by atoms with Crippen molar-refractivity contribution in [1.82, 2.24) is 0 Å². The fourth-order valence-electron chi connectivity index (χ4n) is 9.07. The molecule has 0 spiro atoms. The van der Waals surface area contributed by atoms with Gasteiger partial charge in [-0.3, -0.25) is 4.79 Å². The molecular weight excluding hydrogens is 682 g/mol. The van der Waals surface area contributed by atoms with Gasteiger partial charge in [0.05, 0.1) is 37.7 Å². The summed E-state index contributed by atoms with van der Waals surface area (Å²) in [5, 5.41) is 0. The van der Waals surface area contributed by atoms with Gasteiger partial charge in [-0.25, -0.2) is 0 Å². The minimum Gasteiger partial charge on any atom is -0.469 e. The van der Waals surface area contributed by atoms with Crippen LogP contribution < -0.4 is 0 Å². The lowest BCUT2D eigenvalue weighted by molar-refractivity contribution is -0.162. The Morgan fingerprint density at radius 3 is 2.39 bits per heavy atom. The van der Waals surface area contributed by atoms with Gasteiger partial charge in [0.1, 0.15) is 0 Å². The Morgan fingerprint density at radius 2 is 1.70 bits per heavy atom. The molecule has 0 bridgehead atoms. The Labute approximate surface area is 233 Å². The summed E-state index contributed by atoms with van der Waals surface area (Å²) in [5.41, 5.74) is 0.793. The number of carbonyl (C=O) groups is 1. The molecule has 1 unspecified atom stereocenters. The molecule has 0 heterocycles. The maximum Gasteiger partial charge on any atom is 0.305 e. The van der Waals surface area contributed by atoms with Crippen molar-refractivity contribution in [2.24, 2.45) is 46.3 Å². The van der Waals surface area contributed by atoms with Crippen LogP contribution in [0.2, 0.25) is 0 Å². The molecule has 0 radical (unpaired) electrons. The molecule has 4 aliphatic rings. The van der Waals surface area contributed by atoms with E-state index in [9.17, 15) is 4.79 Å². The topological polar surface area (TPSA) is 44.8 Å². The van der Waals surface area contributed by atoms with E-state index >= 15 is 0 Å². The Kier molecular flexibility index (Phi) is 9.63. The summed E-state index contributed by atoms with van der Waals surface area (Å²) < 4.78 is 17.4. The Bertz CT molecular complexity index is 699. The number of methoxy groups -OCH3 is 1. The number of hydrogen-bond donors (Lipinski definition) is 0. The van der Waals surface area contributed by atoms with Crippen LogP contribution in [-0.4, -0.2) is 25.3 Å². The van der Waals surface area contributed by atoms with Gasteiger partial charge in [0, 0.05) is 48.8 Å². The number of hydrogen-bond acceptors (Lipinski definition) is 6. The summed E-state index contributed by atoms with van der Waals surface area (Å²) >= 11 is 4.59. The second-order valence-corrected chi connectivity index (χ2v) is 14.6. The van der Waals surface area contributed by atoms with Gasteiger partial charge >= 0.3 is 5.97 Å². The molecule has 0 N–H and O–H groups in total. The molecule has 4 saturated carbocycles. The number of esters is 1. The van der Waals surface area contributed by atoms with Crippen LogP contribution in [-0.2, 0) is 17.9 Å². The maximum absolute atomic E-state index is 11.8. The average Bonchev–Trinajstić information content (AvgIpc) is 3.15. The van der Waals surface area contributed by atoms with E-state index in [1.54, 1.807) is 9.21 Å². The zero-order valence-corrected chi connectivity index (χ0v) is 26.3. The fraction of sp³-hybridized carbons (Fsp3) is 0.960. The Morgan fingerprint density at radius 1 is 1.00 bits per heavy atom. The van der Waals surface area contributed by atoms with Gasteiger partial charge in [-0.05, 0) is 104 Å². The van der Waals surface area contributed by atoms with Crippen molar-refractivity contribution in [3.05, 3.63) is 0 Å². The van der Waals surface area contributed by atoms with Crippen LogP contribution in [0.4, 0.5) is 0 Å². The number of carbonyl (C=O) groups excluding carboxylic acids is 1. The highest BCUT2D eigenvalue weighted by molar-refractivity contribution is 14.2. The molecule has 4 aliphatic carbocycles. The summed E-state index contributed by atoms with van der Waals surface area (Å²) in [7, 11) is 4.56. The molecule has 0 amide bonds. The van der Waals surface area contributed by atoms with Crippen LogP contribution in [0.1, 0.15) is 85.0 Å². The molecule has 0 saturated heterocycles. The minimum absolute atomic E-state index is 0.0652. The van der Waals surface area contributed by atoms with Crippen LogP contribution in [0, 0.1) is 46.3 Å². The second-order valence-electron chi connectivity index (χ2n) is 11.8. The lowest BCUT2D eigenvalue weighted by atomic mass is 9.43. The van der Waals surface area contributed by atoms with Crippen molar-refractivity contribution in [3.8, 4) is 0 Å². The van der Waals surface area contributed by atoms with Crippen molar-refractivity contribution in [2.45, 2.75) is 97.2 Å². The third-order valence-electron chi connectivity index (χ3n) is 10.7. The molecule has 4 nitrogen and oxygen atoms in total. The van der Waals surface area contributed by atoms with Crippen LogP contribution >= 0.6 is 60.8 Å². The van der Waals surface area contributed by atoms with Gasteiger partial charge in [0.15, 0.2) is 0 Å². The lowest BCUT2D eigenvalue weighted by Crippen LogP contribution is -2.59. The van der Waals surface area contributed by atoms with Crippen molar-refractivity contribution in [3.63, 3.8) is 0 Å². The van der Waals surface area contributed by atoms with Gasteiger partial charge in [0.25, 0.3) is 0 Å². The fourth-order valence-corrected chi connectivity index (χ4v) is 11.3. The summed E-state index contributed by atoms with van der Waals surface area (Å²) in [5.74, 6) is 4.09. The van der Waals surface area contributed by atoms with Crippen molar-refractivity contribution in [1.29, 1.82) is 0 Å². The predicted octanol–water partition coefficient (Wildman–Crippen LogP) is 8.61. The SMILES string of the molecule is COC(=O)CC[C@@H](C)[C@H]1CC[C@H]2[C@@H]3C(OSI)C[C@@H]4C[C@H](OSI)CC[C@]4(C)[C@H]3CC[C@]12C. The number of fused-ring (bicyclic) bond motifs is 5. The van der Waals surface area contributed by atoms with Gasteiger partial charge in [0.2, 0.25) is 0 Å². The molecule has 190 valence electrons. The van der Waals surface area contributed by atoms with Crippen LogP contribution in [0.5, 0.6) is 0 Å². The number of halogens is 2. The monoisotopic (exact) mass is 722 g/mol. The van der Waals surface area contributed by atoms with Crippen molar-refractivity contribution in [2.75, 3.05) is 7.11 Å².